The van der Waals surface area contributed by atoms with Crippen LogP contribution in [0.4, 0.5) is 5.69 Å². The number of cyclic esters (lactones) is 1. The van der Waals surface area contributed by atoms with Gasteiger partial charge in [-0.1, -0.05) is 36.9 Å². The zero-order chi connectivity index (χ0) is 19.4. The summed E-state index contributed by atoms with van der Waals surface area (Å²) in [5.41, 5.74) is 1.55. The van der Waals surface area contributed by atoms with E-state index >= 15 is 0 Å². The van der Waals surface area contributed by atoms with Gasteiger partial charge in [0.2, 0.25) is 5.90 Å². The fourth-order valence-corrected chi connectivity index (χ4v) is 2.50. The van der Waals surface area contributed by atoms with Crippen molar-refractivity contribution in [2.24, 2.45) is 4.99 Å². The Labute approximate surface area is 155 Å². The Kier molecular flexibility index (Phi) is 5.12. The SMILES string of the molecule is C=CCOc1ccccc1/C=C1/N=C(c2ccc(C)c([N+](=O)[O-])c2)OC1=O. The van der Waals surface area contributed by atoms with Gasteiger partial charge in [0, 0.05) is 22.8 Å². The zero-order valence-corrected chi connectivity index (χ0v) is 14.5. The van der Waals surface area contributed by atoms with Crippen LogP contribution in [0, 0.1) is 17.0 Å². The van der Waals surface area contributed by atoms with Gasteiger partial charge in [-0.15, -0.1) is 0 Å². The smallest absolute Gasteiger partial charge is 0.363 e. The van der Waals surface area contributed by atoms with Crippen LogP contribution in [0.15, 0.2) is 65.8 Å². The van der Waals surface area contributed by atoms with Gasteiger partial charge in [0.05, 0.1) is 4.92 Å². The van der Waals surface area contributed by atoms with Crippen LogP contribution in [0.5, 0.6) is 5.75 Å². The lowest BCUT2D eigenvalue weighted by molar-refractivity contribution is -0.385. The molecule has 0 radical (unpaired) electrons. The highest BCUT2D eigenvalue weighted by molar-refractivity contribution is 6.13. The third kappa shape index (κ3) is 3.92. The zero-order valence-electron chi connectivity index (χ0n) is 14.5. The number of aliphatic imine (C=N–C) groups is 1. The minimum Gasteiger partial charge on any atom is -0.489 e. The van der Waals surface area contributed by atoms with Crippen LogP contribution in [0.2, 0.25) is 0 Å². The Hall–Kier alpha value is -3.74. The Morgan fingerprint density at radius 3 is 2.81 bits per heavy atom. The summed E-state index contributed by atoms with van der Waals surface area (Å²) >= 11 is 0. The van der Waals surface area contributed by atoms with Crippen LogP contribution in [0.3, 0.4) is 0 Å². The van der Waals surface area contributed by atoms with Gasteiger partial charge in [0.15, 0.2) is 5.70 Å². The van der Waals surface area contributed by atoms with Crippen LogP contribution >= 0.6 is 0 Å². The van der Waals surface area contributed by atoms with E-state index in [1.54, 1.807) is 49.4 Å². The lowest BCUT2D eigenvalue weighted by atomic mass is 10.1. The Bertz CT molecular complexity index is 992. The summed E-state index contributed by atoms with van der Waals surface area (Å²) in [6.45, 7) is 5.57. The number of ether oxygens (including phenoxy) is 2. The molecule has 0 aromatic heterocycles. The molecule has 0 fully saturated rings. The third-order valence-corrected chi connectivity index (χ3v) is 3.84. The molecule has 1 aliphatic rings. The number of carbonyl (C=O) groups is 1. The second-order valence-electron chi connectivity index (χ2n) is 5.73. The minimum absolute atomic E-state index is 0.0267. The molecule has 2 aromatic carbocycles. The van der Waals surface area contributed by atoms with E-state index in [0.29, 0.717) is 29.0 Å². The van der Waals surface area contributed by atoms with Crippen LogP contribution in [0.25, 0.3) is 6.08 Å². The normalized spacial score (nSPS) is 14.6. The predicted molar refractivity (Wildman–Crippen MR) is 101 cm³/mol. The monoisotopic (exact) mass is 364 g/mol. The van der Waals surface area contributed by atoms with Crippen molar-refractivity contribution in [1.82, 2.24) is 0 Å². The topological polar surface area (TPSA) is 91.0 Å². The molecule has 27 heavy (non-hydrogen) atoms. The summed E-state index contributed by atoms with van der Waals surface area (Å²) in [5, 5.41) is 11.1. The van der Waals surface area contributed by atoms with E-state index in [1.165, 1.54) is 6.07 Å². The Morgan fingerprint density at radius 1 is 1.30 bits per heavy atom. The maximum absolute atomic E-state index is 12.2. The van der Waals surface area contributed by atoms with E-state index in [0.717, 1.165) is 0 Å². The highest BCUT2D eigenvalue weighted by Crippen LogP contribution is 2.26. The molecule has 1 heterocycles. The highest BCUT2D eigenvalue weighted by atomic mass is 16.6. The first-order chi connectivity index (χ1) is 13.0. The van der Waals surface area contributed by atoms with Gasteiger partial charge in [-0.3, -0.25) is 10.1 Å². The molecule has 0 aliphatic carbocycles. The number of hydrogen-bond donors (Lipinski definition) is 0. The van der Waals surface area contributed by atoms with Crippen molar-refractivity contribution in [2.45, 2.75) is 6.92 Å². The number of nitro groups is 1. The molecule has 2 aromatic rings. The number of aryl methyl sites for hydroxylation is 1. The maximum Gasteiger partial charge on any atom is 0.363 e. The Balaban J connectivity index is 1.96. The van der Waals surface area contributed by atoms with Crippen molar-refractivity contribution < 1.29 is 19.2 Å². The molecule has 3 rings (SSSR count). The van der Waals surface area contributed by atoms with E-state index in [-0.39, 0.29) is 17.3 Å². The van der Waals surface area contributed by atoms with Crippen LogP contribution < -0.4 is 4.74 Å². The van der Waals surface area contributed by atoms with Crippen molar-refractivity contribution in [1.29, 1.82) is 0 Å². The summed E-state index contributed by atoms with van der Waals surface area (Å²) in [7, 11) is 0. The number of esters is 1. The molecule has 0 spiro atoms. The lowest BCUT2D eigenvalue weighted by Crippen LogP contribution is -2.06. The quantitative estimate of drug-likeness (QED) is 0.255. The van der Waals surface area contributed by atoms with Crippen LogP contribution in [-0.4, -0.2) is 23.4 Å². The van der Waals surface area contributed by atoms with Gasteiger partial charge in [-0.25, -0.2) is 9.79 Å². The molecular weight excluding hydrogens is 348 g/mol. The second kappa shape index (κ2) is 7.65. The molecule has 7 nitrogen and oxygen atoms in total. The lowest BCUT2D eigenvalue weighted by Gasteiger charge is -2.06. The number of nitro benzene ring substituents is 1. The van der Waals surface area contributed by atoms with E-state index in [9.17, 15) is 14.9 Å². The molecule has 136 valence electrons. The van der Waals surface area contributed by atoms with E-state index < -0.39 is 10.9 Å². The van der Waals surface area contributed by atoms with Crippen LogP contribution in [-0.2, 0) is 9.53 Å². The van der Waals surface area contributed by atoms with E-state index in [4.69, 9.17) is 9.47 Å². The van der Waals surface area contributed by atoms with E-state index in [2.05, 4.69) is 11.6 Å². The molecule has 7 heteroatoms. The number of rotatable bonds is 6. The van der Waals surface area contributed by atoms with Crippen LogP contribution in [0.1, 0.15) is 16.7 Å². The number of hydrogen-bond acceptors (Lipinski definition) is 6. The third-order valence-electron chi connectivity index (χ3n) is 3.84. The molecular formula is C20H16N2O5. The first-order valence-corrected chi connectivity index (χ1v) is 8.10. The average molecular weight is 364 g/mol. The second-order valence-corrected chi connectivity index (χ2v) is 5.73. The van der Waals surface area contributed by atoms with Gasteiger partial charge >= 0.3 is 5.97 Å². The maximum atomic E-state index is 12.2. The van der Waals surface area contributed by atoms with Crippen molar-refractivity contribution in [3.8, 4) is 5.75 Å². The Morgan fingerprint density at radius 2 is 2.07 bits per heavy atom. The van der Waals surface area contributed by atoms with Gasteiger partial charge in [0.1, 0.15) is 12.4 Å². The minimum atomic E-state index is -0.633. The summed E-state index contributed by atoms with van der Waals surface area (Å²) in [6, 6.07) is 11.7. The average Bonchev–Trinajstić information content (AvgIpc) is 3.01. The molecule has 1 aliphatic heterocycles. The fraction of sp³-hybridized carbons (Fsp3) is 0.100. The molecule has 0 bridgehead atoms. The summed E-state index contributed by atoms with van der Waals surface area (Å²) in [5.74, 6) is -0.0297. The standard InChI is InChI=1S/C20H16N2O5/c1-3-10-26-18-7-5-4-6-14(18)11-16-20(23)27-19(21-16)15-9-8-13(2)17(12-15)22(24)25/h3-9,11-12H,1,10H2,2H3/b16-11+. The van der Waals surface area contributed by atoms with Crippen molar-refractivity contribution in [3.05, 3.63) is 87.6 Å². The number of benzene rings is 2. The number of carbonyl (C=O) groups excluding carboxylic acids is 1. The van der Waals surface area contributed by atoms with Gasteiger partial charge in [-0.05, 0) is 25.1 Å². The van der Waals surface area contributed by atoms with E-state index in [1.807, 2.05) is 6.07 Å². The predicted octanol–water partition coefficient (Wildman–Crippen LogP) is 3.81. The van der Waals surface area contributed by atoms with Gasteiger partial charge < -0.3 is 9.47 Å². The fourth-order valence-electron chi connectivity index (χ4n) is 2.50. The molecule has 0 atom stereocenters. The first kappa shape index (κ1) is 18.1. The summed E-state index contributed by atoms with van der Waals surface area (Å²) in [6.07, 6.45) is 3.17. The van der Waals surface area contributed by atoms with Crippen molar-refractivity contribution in [2.75, 3.05) is 6.61 Å². The summed E-state index contributed by atoms with van der Waals surface area (Å²) in [4.78, 5) is 27.0. The highest BCUT2D eigenvalue weighted by Gasteiger charge is 2.26. The molecule has 0 saturated carbocycles. The van der Waals surface area contributed by atoms with Crippen molar-refractivity contribution >= 4 is 23.6 Å². The molecule has 0 saturated heterocycles. The summed E-state index contributed by atoms with van der Waals surface area (Å²) < 4.78 is 10.8. The van der Waals surface area contributed by atoms with Gasteiger partial charge in [0.25, 0.3) is 5.69 Å². The number of para-hydroxylation sites is 1. The molecule has 0 unspecified atom stereocenters. The molecule has 0 amide bonds. The largest absolute Gasteiger partial charge is 0.489 e. The van der Waals surface area contributed by atoms with Crippen molar-refractivity contribution in [3.63, 3.8) is 0 Å². The van der Waals surface area contributed by atoms with Gasteiger partial charge in [-0.2, -0.15) is 0 Å². The number of nitrogens with zero attached hydrogens (tertiary/aromatic N) is 2. The first-order valence-electron chi connectivity index (χ1n) is 8.10. The molecule has 0 N–H and O–H groups in total.